The fraction of sp³-hybridized carbons (Fsp3) is 0.250. The number of rotatable bonds is 2. The average molecular weight is 147 g/mol. The minimum atomic E-state index is -1.82. The van der Waals surface area contributed by atoms with E-state index in [4.69, 9.17) is 4.55 Å². The smallest absolute Gasteiger partial charge is 0.159 e. The number of hydrogen-bond acceptors (Lipinski definition) is 3. The molecule has 9 heavy (non-hydrogen) atoms. The van der Waals surface area contributed by atoms with Crippen molar-refractivity contribution in [3.8, 4) is 0 Å². The monoisotopic (exact) mass is 147 g/mol. The molecule has 4 nitrogen and oxygen atoms in total. The normalized spacial score (nSPS) is 13.4. The van der Waals surface area contributed by atoms with E-state index in [1.54, 1.807) is 6.07 Å². The summed E-state index contributed by atoms with van der Waals surface area (Å²) in [6.07, 6.45) is 1.36. The molecule has 1 atom stereocenters. The molecule has 1 unspecified atom stereocenters. The predicted molar refractivity (Wildman–Crippen MR) is 31.0 cm³/mol. The van der Waals surface area contributed by atoms with Gasteiger partial charge in [-0.05, 0) is 0 Å². The van der Waals surface area contributed by atoms with Gasteiger partial charge in [-0.1, -0.05) is 5.16 Å². The maximum atomic E-state index is 10.1. The van der Waals surface area contributed by atoms with E-state index in [9.17, 15) is 4.21 Å². The Kier molecular flexibility index (Phi) is 1.96. The molecule has 0 fully saturated rings. The molecule has 0 aliphatic heterocycles. The Bertz CT molecular complexity index is 196. The second kappa shape index (κ2) is 2.75. The van der Waals surface area contributed by atoms with Crippen LogP contribution in [-0.2, 0) is 16.8 Å². The van der Waals surface area contributed by atoms with E-state index in [0.717, 1.165) is 0 Å². The molecule has 1 aromatic heterocycles. The summed E-state index contributed by atoms with van der Waals surface area (Å²) in [6, 6.07) is 1.55. The van der Waals surface area contributed by atoms with Crippen molar-refractivity contribution in [1.29, 1.82) is 0 Å². The third-order valence-electron chi connectivity index (χ3n) is 0.763. The summed E-state index contributed by atoms with van der Waals surface area (Å²) in [6.45, 7) is 0. The maximum Gasteiger partial charge on any atom is 0.159 e. The van der Waals surface area contributed by atoms with Crippen molar-refractivity contribution in [1.82, 2.24) is 5.16 Å². The van der Waals surface area contributed by atoms with E-state index in [2.05, 4.69) is 9.68 Å². The van der Waals surface area contributed by atoms with Gasteiger partial charge >= 0.3 is 0 Å². The van der Waals surface area contributed by atoms with Crippen molar-refractivity contribution in [3.63, 3.8) is 0 Å². The van der Waals surface area contributed by atoms with Gasteiger partial charge < -0.3 is 9.08 Å². The SMILES string of the molecule is O=S(O)Cc1ccon1. The first-order chi connectivity index (χ1) is 4.29. The summed E-state index contributed by atoms with van der Waals surface area (Å²) >= 11 is -1.82. The molecule has 5 heteroatoms. The van der Waals surface area contributed by atoms with Gasteiger partial charge in [0.25, 0.3) is 0 Å². The molecule has 0 amide bonds. The van der Waals surface area contributed by atoms with Crippen molar-refractivity contribution in [2.45, 2.75) is 5.75 Å². The highest BCUT2D eigenvalue weighted by atomic mass is 32.2. The minimum Gasteiger partial charge on any atom is -0.364 e. The first-order valence-electron chi connectivity index (χ1n) is 2.26. The van der Waals surface area contributed by atoms with Crippen molar-refractivity contribution < 1.29 is 13.3 Å². The Morgan fingerprint density at radius 3 is 3.11 bits per heavy atom. The minimum absolute atomic E-state index is 0.0382. The van der Waals surface area contributed by atoms with Crippen LogP contribution in [0, 0.1) is 0 Å². The van der Waals surface area contributed by atoms with Crippen LogP contribution in [0.1, 0.15) is 5.69 Å². The average Bonchev–Trinajstić information content (AvgIpc) is 2.15. The van der Waals surface area contributed by atoms with Crippen LogP contribution in [0.25, 0.3) is 0 Å². The molecule has 0 saturated heterocycles. The van der Waals surface area contributed by atoms with E-state index >= 15 is 0 Å². The van der Waals surface area contributed by atoms with Crippen LogP contribution in [0.4, 0.5) is 0 Å². The van der Waals surface area contributed by atoms with Crippen molar-refractivity contribution in [3.05, 3.63) is 18.0 Å². The van der Waals surface area contributed by atoms with Gasteiger partial charge in [0.2, 0.25) is 0 Å². The summed E-state index contributed by atoms with van der Waals surface area (Å²) in [5, 5.41) is 3.43. The molecule has 0 aliphatic rings. The van der Waals surface area contributed by atoms with Crippen LogP contribution in [0.15, 0.2) is 16.9 Å². The van der Waals surface area contributed by atoms with Crippen LogP contribution >= 0.6 is 0 Å². The first kappa shape index (κ1) is 6.44. The molecule has 0 saturated carbocycles. The van der Waals surface area contributed by atoms with Crippen LogP contribution in [0.3, 0.4) is 0 Å². The zero-order valence-corrected chi connectivity index (χ0v) is 5.30. The Labute approximate surface area is 54.1 Å². The molecular formula is C4H5NO3S. The predicted octanol–water partition coefficient (Wildman–Crippen LogP) is 0.396. The molecular weight excluding hydrogens is 142 g/mol. The van der Waals surface area contributed by atoms with Gasteiger partial charge in [0, 0.05) is 6.07 Å². The molecule has 0 aromatic carbocycles. The van der Waals surface area contributed by atoms with E-state index in [-0.39, 0.29) is 5.75 Å². The third-order valence-corrected chi connectivity index (χ3v) is 1.31. The molecule has 1 heterocycles. The van der Waals surface area contributed by atoms with Gasteiger partial charge in [0.05, 0.1) is 11.4 Å². The van der Waals surface area contributed by atoms with Gasteiger partial charge in [-0.15, -0.1) is 0 Å². The van der Waals surface area contributed by atoms with Crippen LogP contribution in [0.2, 0.25) is 0 Å². The highest BCUT2D eigenvalue weighted by Crippen LogP contribution is 1.96. The van der Waals surface area contributed by atoms with E-state index in [1.807, 2.05) is 0 Å². The molecule has 1 N–H and O–H groups in total. The zero-order valence-electron chi connectivity index (χ0n) is 4.48. The number of nitrogens with zero attached hydrogens (tertiary/aromatic N) is 1. The Morgan fingerprint density at radius 2 is 2.67 bits per heavy atom. The maximum absolute atomic E-state index is 10.1. The number of aromatic nitrogens is 1. The summed E-state index contributed by atoms with van der Waals surface area (Å²) in [5.74, 6) is 0.0382. The van der Waals surface area contributed by atoms with E-state index < -0.39 is 11.1 Å². The van der Waals surface area contributed by atoms with Crippen LogP contribution < -0.4 is 0 Å². The lowest BCUT2D eigenvalue weighted by Crippen LogP contribution is -1.91. The lowest BCUT2D eigenvalue weighted by Gasteiger charge is -1.83. The van der Waals surface area contributed by atoms with Crippen LogP contribution in [0.5, 0.6) is 0 Å². The Balaban J connectivity index is 2.58. The van der Waals surface area contributed by atoms with Crippen molar-refractivity contribution in [2.75, 3.05) is 0 Å². The third kappa shape index (κ3) is 1.95. The Hall–Kier alpha value is -0.680. The molecule has 1 aromatic rings. The Morgan fingerprint density at radius 1 is 1.89 bits per heavy atom. The fourth-order valence-corrected chi connectivity index (χ4v) is 0.840. The highest BCUT2D eigenvalue weighted by molar-refractivity contribution is 7.78. The van der Waals surface area contributed by atoms with Gasteiger partial charge in [0.1, 0.15) is 6.26 Å². The quantitative estimate of drug-likeness (QED) is 0.615. The molecule has 1 rings (SSSR count). The molecule has 0 aliphatic carbocycles. The molecule has 0 bridgehead atoms. The van der Waals surface area contributed by atoms with E-state index in [0.29, 0.717) is 5.69 Å². The summed E-state index contributed by atoms with van der Waals surface area (Å²) in [4.78, 5) is 0. The first-order valence-corrected chi connectivity index (χ1v) is 3.53. The zero-order chi connectivity index (χ0) is 6.69. The van der Waals surface area contributed by atoms with Gasteiger partial charge in [0.15, 0.2) is 11.1 Å². The van der Waals surface area contributed by atoms with Crippen LogP contribution in [-0.4, -0.2) is 13.9 Å². The second-order valence-corrected chi connectivity index (χ2v) is 2.39. The fourth-order valence-electron chi connectivity index (χ4n) is 0.438. The topological polar surface area (TPSA) is 63.3 Å². The van der Waals surface area contributed by atoms with Crippen molar-refractivity contribution in [2.24, 2.45) is 0 Å². The lowest BCUT2D eigenvalue weighted by atomic mass is 10.5. The second-order valence-electron chi connectivity index (χ2n) is 1.46. The van der Waals surface area contributed by atoms with Gasteiger partial charge in [-0.3, -0.25) is 0 Å². The standard InChI is InChI=1S/C4H5NO3S/c6-9(7)3-4-1-2-8-5-4/h1-2H,3H2,(H,6,7). The molecule has 0 radical (unpaired) electrons. The largest absolute Gasteiger partial charge is 0.364 e. The van der Waals surface area contributed by atoms with Crippen molar-refractivity contribution >= 4 is 11.1 Å². The van der Waals surface area contributed by atoms with E-state index in [1.165, 1.54) is 6.26 Å². The lowest BCUT2D eigenvalue weighted by molar-refractivity contribution is 0.413. The molecule has 50 valence electrons. The summed E-state index contributed by atoms with van der Waals surface area (Å²) in [7, 11) is 0. The molecule has 0 spiro atoms. The van der Waals surface area contributed by atoms with Gasteiger partial charge in [-0.25, -0.2) is 4.21 Å². The summed E-state index contributed by atoms with van der Waals surface area (Å²) < 4.78 is 22.8. The number of hydrogen-bond donors (Lipinski definition) is 1. The highest BCUT2D eigenvalue weighted by Gasteiger charge is 1.98. The van der Waals surface area contributed by atoms with Gasteiger partial charge in [-0.2, -0.15) is 0 Å². The summed E-state index contributed by atoms with van der Waals surface area (Å²) in [5.41, 5.74) is 0.496.